The number of hydrogen-bond donors (Lipinski definition) is 1. The van der Waals surface area contributed by atoms with Crippen molar-refractivity contribution in [3.63, 3.8) is 0 Å². The lowest BCUT2D eigenvalue weighted by atomic mass is 10.1. The fourth-order valence-corrected chi connectivity index (χ4v) is 4.03. The lowest BCUT2D eigenvalue weighted by molar-refractivity contribution is -0.124. The number of likely N-dealkylation sites (tertiary alicyclic amines) is 1. The van der Waals surface area contributed by atoms with Crippen molar-refractivity contribution in [2.24, 2.45) is 0 Å². The van der Waals surface area contributed by atoms with Crippen molar-refractivity contribution in [1.29, 1.82) is 0 Å². The van der Waals surface area contributed by atoms with Crippen molar-refractivity contribution in [2.75, 3.05) is 26.3 Å². The van der Waals surface area contributed by atoms with E-state index in [1.54, 1.807) is 0 Å². The third-order valence-electron chi connectivity index (χ3n) is 5.44. The van der Waals surface area contributed by atoms with Crippen LogP contribution in [0, 0.1) is 0 Å². The third kappa shape index (κ3) is 4.91. The maximum Gasteiger partial charge on any atom is 0.258 e. The van der Waals surface area contributed by atoms with Crippen LogP contribution in [0.25, 0.3) is 0 Å². The summed E-state index contributed by atoms with van der Waals surface area (Å²) in [7, 11) is 0. The van der Waals surface area contributed by atoms with Gasteiger partial charge in [-0.25, -0.2) is 0 Å². The Kier molecular flexibility index (Phi) is 6.24. The molecule has 5 heteroatoms. The highest BCUT2D eigenvalue weighted by molar-refractivity contribution is 5.78. The lowest BCUT2D eigenvalue weighted by Gasteiger charge is -2.20. The Morgan fingerprint density at radius 3 is 2.71 bits per heavy atom. The van der Waals surface area contributed by atoms with Crippen LogP contribution in [0.2, 0.25) is 0 Å². The van der Waals surface area contributed by atoms with Crippen molar-refractivity contribution in [3.8, 4) is 5.75 Å². The molecule has 28 heavy (non-hydrogen) atoms. The zero-order valence-corrected chi connectivity index (χ0v) is 16.2. The molecule has 0 aliphatic carbocycles. The molecule has 2 aliphatic heterocycles. The smallest absolute Gasteiger partial charge is 0.258 e. The number of carbonyl (C=O) groups excluding carboxylic acids is 1. The van der Waals surface area contributed by atoms with Gasteiger partial charge in [-0.1, -0.05) is 48.5 Å². The van der Waals surface area contributed by atoms with Gasteiger partial charge in [0.05, 0.1) is 12.1 Å². The number of rotatable bonds is 2. The number of hydrogen-bond acceptors (Lipinski definition) is 4. The predicted octanol–water partition coefficient (Wildman–Crippen LogP) is 2.79. The lowest BCUT2D eigenvalue weighted by Crippen LogP contribution is -2.45. The highest BCUT2D eigenvalue weighted by Gasteiger charge is 2.34. The second-order valence-electron chi connectivity index (χ2n) is 7.62. The Morgan fingerprint density at radius 1 is 1.00 bits per heavy atom. The summed E-state index contributed by atoms with van der Waals surface area (Å²) in [5, 5.41) is 3.13. The van der Waals surface area contributed by atoms with Crippen molar-refractivity contribution >= 4 is 5.91 Å². The van der Waals surface area contributed by atoms with Crippen LogP contribution in [0.3, 0.4) is 0 Å². The molecule has 1 saturated heterocycles. The Balaban J connectivity index is 1.41. The minimum absolute atomic E-state index is 0.00388. The minimum Gasteiger partial charge on any atom is -0.483 e. The number of para-hydroxylation sites is 1. The summed E-state index contributed by atoms with van der Waals surface area (Å²) in [5.74, 6) is 0.723. The van der Waals surface area contributed by atoms with E-state index in [9.17, 15) is 4.79 Å². The summed E-state index contributed by atoms with van der Waals surface area (Å²) in [6.07, 6.45) is 3.02. The number of benzene rings is 2. The van der Waals surface area contributed by atoms with Gasteiger partial charge in [0.1, 0.15) is 5.75 Å². The van der Waals surface area contributed by atoms with Gasteiger partial charge in [0.25, 0.3) is 5.91 Å². The summed E-state index contributed by atoms with van der Waals surface area (Å²) < 4.78 is 12.0. The molecule has 0 aromatic heterocycles. The first-order chi connectivity index (χ1) is 13.8. The fraction of sp³-hybridized carbons (Fsp3) is 0.435. The summed E-state index contributed by atoms with van der Waals surface area (Å²) >= 11 is 0. The molecule has 0 saturated carbocycles. The average Bonchev–Trinajstić information content (AvgIpc) is 3.08. The van der Waals surface area contributed by atoms with Gasteiger partial charge in [0.2, 0.25) is 0 Å². The van der Waals surface area contributed by atoms with Crippen LogP contribution in [0.1, 0.15) is 24.0 Å². The first kappa shape index (κ1) is 19.0. The van der Waals surface area contributed by atoms with Gasteiger partial charge in [-0.3, -0.25) is 9.69 Å². The summed E-state index contributed by atoms with van der Waals surface area (Å²) in [6, 6.07) is 18.4. The van der Waals surface area contributed by atoms with Crippen LogP contribution >= 0.6 is 0 Å². The van der Waals surface area contributed by atoms with Gasteiger partial charge < -0.3 is 14.8 Å². The fourth-order valence-electron chi connectivity index (χ4n) is 4.03. The minimum atomic E-state index is -0.0887. The largest absolute Gasteiger partial charge is 0.483 e. The molecule has 2 aliphatic rings. The Labute approximate surface area is 166 Å². The summed E-state index contributed by atoms with van der Waals surface area (Å²) in [5.41, 5.74) is 2.44. The topological polar surface area (TPSA) is 50.8 Å². The number of aryl methyl sites for hydroxylation is 1. The molecular weight excluding hydrogens is 352 g/mol. The summed E-state index contributed by atoms with van der Waals surface area (Å²) in [4.78, 5) is 14.8. The predicted molar refractivity (Wildman–Crippen MR) is 108 cm³/mol. The Bertz CT molecular complexity index is 780. The van der Waals surface area contributed by atoms with Crippen LogP contribution in [-0.4, -0.2) is 49.3 Å². The van der Waals surface area contributed by atoms with Crippen molar-refractivity contribution in [3.05, 3.63) is 65.7 Å². The van der Waals surface area contributed by atoms with Crippen LogP contribution in [0.4, 0.5) is 0 Å². The molecule has 0 bridgehead atoms. The second kappa shape index (κ2) is 9.22. The maximum atomic E-state index is 12.5. The molecule has 148 valence electrons. The molecular formula is C23H28N2O3. The maximum absolute atomic E-state index is 12.5. The van der Waals surface area contributed by atoms with Crippen molar-refractivity contribution in [2.45, 2.75) is 38.0 Å². The first-order valence-corrected chi connectivity index (χ1v) is 10.2. The number of carbonyl (C=O) groups is 1. The van der Waals surface area contributed by atoms with Gasteiger partial charge >= 0.3 is 0 Å². The highest BCUT2D eigenvalue weighted by atomic mass is 16.5. The second-order valence-corrected chi connectivity index (χ2v) is 7.62. The van der Waals surface area contributed by atoms with Gasteiger partial charge in [-0.15, -0.1) is 0 Å². The monoisotopic (exact) mass is 380 g/mol. The van der Waals surface area contributed by atoms with E-state index < -0.39 is 0 Å². The van der Waals surface area contributed by atoms with Crippen LogP contribution in [0.15, 0.2) is 54.6 Å². The first-order valence-electron chi connectivity index (χ1n) is 10.2. The average molecular weight is 380 g/mol. The van der Waals surface area contributed by atoms with Gasteiger partial charge in [0.15, 0.2) is 6.61 Å². The Morgan fingerprint density at radius 2 is 1.82 bits per heavy atom. The number of amides is 1. The van der Waals surface area contributed by atoms with Gasteiger partial charge in [-0.05, 0) is 36.5 Å². The number of nitrogens with zero attached hydrogens (tertiary/aromatic N) is 1. The number of ether oxygens (including phenoxy) is 2. The Hall–Kier alpha value is -2.37. The number of fused-ring (bicyclic) bond motifs is 2. The van der Waals surface area contributed by atoms with E-state index >= 15 is 0 Å². The summed E-state index contributed by atoms with van der Waals surface area (Å²) in [6.45, 7) is 3.26. The molecule has 0 unspecified atom stereocenters. The molecule has 0 spiro atoms. The quantitative estimate of drug-likeness (QED) is 0.871. The van der Waals surface area contributed by atoms with E-state index in [1.165, 1.54) is 5.56 Å². The molecule has 1 N–H and O–H groups in total. The van der Waals surface area contributed by atoms with E-state index in [1.807, 2.05) is 24.3 Å². The van der Waals surface area contributed by atoms with Gasteiger partial charge in [-0.2, -0.15) is 0 Å². The highest BCUT2D eigenvalue weighted by Crippen LogP contribution is 2.22. The molecule has 2 aromatic rings. The van der Waals surface area contributed by atoms with Crippen LogP contribution in [0.5, 0.6) is 5.75 Å². The van der Waals surface area contributed by atoms with Crippen LogP contribution in [-0.2, 0) is 22.5 Å². The van der Waals surface area contributed by atoms with E-state index in [0.29, 0.717) is 0 Å². The van der Waals surface area contributed by atoms with E-state index in [2.05, 4.69) is 40.5 Å². The zero-order valence-electron chi connectivity index (χ0n) is 16.2. The molecule has 4 rings (SSSR count). The van der Waals surface area contributed by atoms with Crippen LogP contribution < -0.4 is 10.1 Å². The van der Waals surface area contributed by atoms with Gasteiger partial charge in [0, 0.05) is 26.2 Å². The molecule has 2 aromatic carbocycles. The third-order valence-corrected chi connectivity index (χ3v) is 5.44. The van der Waals surface area contributed by atoms with E-state index in [4.69, 9.17) is 9.47 Å². The SMILES string of the molecule is O=C1COc2ccccc2CCCCO[C@@H]2CN(Cc3ccccc3)C[C@@H]2N1. The molecule has 5 nitrogen and oxygen atoms in total. The molecule has 0 radical (unpaired) electrons. The van der Waals surface area contributed by atoms with E-state index in [0.717, 1.165) is 56.8 Å². The molecule has 1 amide bonds. The standard InChI is InChI=1S/C23H28N2O3/c26-23-17-28-21-12-5-4-10-19(21)11-6-7-13-27-22-16-25(15-20(22)24-23)14-18-8-2-1-3-9-18/h1-5,8-10,12,20,22H,6-7,11,13-17H2,(H,24,26)/t20-,22+/m0/s1. The molecule has 2 heterocycles. The van der Waals surface area contributed by atoms with Crippen molar-refractivity contribution in [1.82, 2.24) is 10.2 Å². The normalized spacial score (nSPS) is 23.9. The van der Waals surface area contributed by atoms with E-state index in [-0.39, 0.29) is 24.7 Å². The number of nitrogens with one attached hydrogen (secondary N) is 1. The zero-order chi connectivity index (χ0) is 19.2. The molecule has 2 atom stereocenters. The molecule has 1 fully saturated rings. The van der Waals surface area contributed by atoms with Crippen molar-refractivity contribution < 1.29 is 14.3 Å².